The number of hydrogen-bond donors (Lipinski definition) is 2. The summed E-state index contributed by atoms with van der Waals surface area (Å²) in [7, 11) is 1.46. The largest absolute Gasteiger partial charge is 0.504 e. The second kappa shape index (κ2) is 9.09. The van der Waals surface area contributed by atoms with Crippen LogP contribution in [0.5, 0.6) is 17.2 Å². The van der Waals surface area contributed by atoms with Crippen molar-refractivity contribution in [2.24, 2.45) is 5.10 Å². The Balaban J connectivity index is 1.93. The van der Waals surface area contributed by atoms with Crippen molar-refractivity contribution in [2.45, 2.75) is 13.8 Å². The molecule has 138 valence electrons. The number of aryl methyl sites for hydroxylation is 2. The summed E-state index contributed by atoms with van der Waals surface area (Å²) in [4.78, 5) is 11.8. The summed E-state index contributed by atoms with van der Waals surface area (Å²) in [5.41, 5.74) is 4.83. The van der Waals surface area contributed by atoms with E-state index in [4.69, 9.17) is 21.1 Å². The van der Waals surface area contributed by atoms with Crippen molar-refractivity contribution in [3.8, 4) is 17.2 Å². The first-order chi connectivity index (χ1) is 12.3. The third-order valence-electron chi connectivity index (χ3n) is 3.45. The molecule has 0 radical (unpaired) electrons. The Labute approximate surface area is 170 Å². The number of amides is 1. The van der Waals surface area contributed by atoms with Crippen LogP contribution in [-0.2, 0) is 4.79 Å². The molecule has 0 saturated carbocycles. The van der Waals surface area contributed by atoms with E-state index < -0.39 is 5.91 Å². The van der Waals surface area contributed by atoms with Gasteiger partial charge in [-0.1, -0.05) is 11.6 Å². The van der Waals surface area contributed by atoms with E-state index in [1.165, 1.54) is 13.3 Å². The highest BCUT2D eigenvalue weighted by atomic mass is 127. The van der Waals surface area contributed by atoms with E-state index in [1.54, 1.807) is 24.3 Å². The summed E-state index contributed by atoms with van der Waals surface area (Å²) in [6.45, 7) is 3.58. The third-order valence-corrected chi connectivity index (χ3v) is 4.87. The van der Waals surface area contributed by atoms with Gasteiger partial charge in [-0.05, 0) is 77.4 Å². The smallest absolute Gasteiger partial charge is 0.277 e. The Bertz CT molecular complexity index is 832. The van der Waals surface area contributed by atoms with Gasteiger partial charge in [-0.15, -0.1) is 0 Å². The first kappa shape index (κ1) is 20.3. The van der Waals surface area contributed by atoms with E-state index in [1.807, 2.05) is 36.4 Å². The van der Waals surface area contributed by atoms with Crippen LogP contribution in [0.4, 0.5) is 0 Å². The highest BCUT2D eigenvalue weighted by Gasteiger charge is 2.08. The van der Waals surface area contributed by atoms with Crippen LogP contribution >= 0.6 is 34.2 Å². The average molecular weight is 489 g/mol. The first-order valence-corrected chi connectivity index (χ1v) is 9.05. The summed E-state index contributed by atoms with van der Waals surface area (Å²) < 4.78 is 11.2. The summed E-state index contributed by atoms with van der Waals surface area (Å²) in [6, 6.07) is 6.87. The lowest BCUT2D eigenvalue weighted by atomic mass is 10.1. The van der Waals surface area contributed by atoms with Gasteiger partial charge in [-0.25, -0.2) is 5.43 Å². The van der Waals surface area contributed by atoms with E-state index >= 15 is 0 Å². The number of rotatable bonds is 6. The molecule has 0 aliphatic carbocycles. The zero-order valence-corrected chi connectivity index (χ0v) is 17.4. The molecule has 0 unspecified atom stereocenters. The molecule has 26 heavy (non-hydrogen) atoms. The van der Waals surface area contributed by atoms with Gasteiger partial charge in [0.05, 0.1) is 16.9 Å². The highest BCUT2D eigenvalue weighted by molar-refractivity contribution is 14.1. The molecule has 2 rings (SSSR count). The van der Waals surface area contributed by atoms with Crippen LogP contribution in [0.2, 0.25) is 5.02 Å². The Kier molecular flexibility index (Phi) is 7.10. The number of carbonyl (C=O) groups excluding carboxylic acids is 1. The molecular formula is C18H18ClIN2O4. The molecule has 0 aromatic heterocycles. The number of hydrazone groups is 1. The molecular weight excluding hydrogens is 471 g/mol. The Morgan fingerprint density at radius 1 is 1.31 bits per heavy atom. The Morgan fingerprint density at radius 3 is 2.58 bits per heavy atom. The molecule has 2 aromatic rings. The predicted molar refractivity (Wildman–Crippen MR) is 110 cm³/mol. The fourth-order valence-electron chi connectivity index (χ4n) is 2.17. The van der Waals surface area contributed by atoms with Crippen molar-refractivity contribution >= 4 is 46.3 Å². The normalized spacial score (nSPS) is 10.8. The number of ether oxygens (including phenoxy) is 2. The van der Waals surface area contributed by atoms with Crippen LogP contribution in [0.15, 0.2) is 29.4 Å². The minimum Gasteiger partial charge on any atom is -0.504 e. The van der Waals surface area contributed by atoms with E-state index in [2.05, 4.69) is 10.5 Å². The molecule has 0 saturated heterocycles. The minimum atomic E-state index is -0.396. The number of phenols is 1. The van der Waals surface area contributed by atoms with Gasteiger partial charge >= 0.3 is 0 Å². The van der Waals surface area contributed by atoms with Gasteiger partial charge in [0.1, 0.15) is 5.75 Å². The molecule has 0 aliphatic heterocycles. The van der Waals surface area contributed by atoms with E-state index in [0.717, 1.165) is 11.1 Å². The van der Waals surface area contributed by atoms with Crippen LogP contribution in [0.25, 0.3) is 0 Å². The second-order valence-corrected chi connectivity index (χ2v) is 7.05. The molecule has 0 fully saturated rings. The molecule has 6 nitrogen and oxygen atoms in total. The highest BCUT2D eigenvalue weighted by Crippen LogP contribution is 2.31. The minimum absolute atomic E-state index is 0.0660. The Hall–Kier alpha value is -2.00. The number of benzene rings is 2. The summed E-state index contributed by atoms with van der Waals surface area (Å²) in [5, 5.41) is 14.4. The molecule has 2 aromatic carbocycles. The van der Waals surface area contributed by atoms with Gasteiger partial charge in [-0.2, -0.15) is 5.10 Å². The molecule has 0 heterocycles. The number of aromatic hydroxyl groups is 1. The summed E-state index contributed by atoms with van der Waals surface area (Å²) in [5.74, 6) is 0.575. The molecule has 1 amide bonds. The zero-order chi connectivity index (χ0) is 19.3. The number of halogens is 2. The standard InChI is InChI=1S/C18H18ClIN2O4/c1-10-4-13(5-11(2)17(10)19)26-9-16(23)22-21-8-12-6-14(20)18(24)15(7-12)25-3/h4-8,24H,9H2,1-3H3,(H,22,23)/b21-8-. The lowest BCUT2D eigenvalue weighted by molar-refractivity contribution is -0.123. The molecule has 0 aliphatic rings. The van der Waals surface area contributed by atoms with Crippen molar-refractivity contribution in [2.75, 3.05) is 13.7 Å². The predicted octanol–water partition coefficient (Wildman–Crippen LogP) is 3.80. The monoisotopic (exact) mass is 488 g/mol. The maximum Gasteiger partial charge on any atom is 0.277 e. The quantitative estimate of drug-likeness (QED) is 0.368. The second-order valence-electron chi connectivity index (χ2n) is 5.51. The van der Waals surface area contributed by atoms with Gasteiger partial charge in [0.15, 0.2) is 18.1 Å². The number of hydrogen-bond acceptors (Lipinski definition) is 5. The third kappa shape index (κ3) is 5.25. The first-order valence-electron chi connectivity index (χ1n) is 7.59. The van der Waals surface area contributed by atoms with Gasteiger partial charge in [0.2, 0.25) is 0 Å². The van der Waals surface area contributed by atoms with Crippen molar-refractivity contribution in [3.05, 3.63) is 49.5 Å². The number of phenolic OH excluding ortho intramolecular Hbond substituents is 1. The summed E-state index contributed by atoms with van der Waals surface area (Å²) in [6.07, 6.45) is 1.46. The maximum absolute atomic E-state index is 11.8. The van der Waals surface area contributed by atoms with Gasteiger partial charge in [0.25, 0.3) is 5.91 Å². The molecule has 0 spiro atoms. The van der Waals surface area contributed by atoms with Gasteiger partial charge in [-0.3, -0.25) is 4.79 Å². The van der Waals surface area contributed by atoms with Crippen LogP contribution in [0.1, 0.15) is 16.7 Å². The van der Waals surface area contributed by atoms with Crippen molar-refractivity contribution < 1.29 is 19.4 Å². The maximum atomic E-state index is 11.8. The molecule has 2 N–H and O–H groups in total. The lowest BCUT2D eigenvalue weighted by Gasteiger charge is -2.09. The van der Waals surface area contributed by atoms with E-state index in [9.17, 15) is 9.90 Å². The number of carbonyl (C=O) groups is 1. The lowest BCUT2D eigenvalue weighted by Crippen LogP contribution is -2.24. The zero-order valence-electron chi connectivity index (χ0n) is 14.5. The van der Waals surface area contributed by atoms with Crippen LogP contribution in [0.3, 0.4) is 0 Å². The van der Waals surface area contributed by atoms with Crippen LogP contribution in [-0.4, -0.2) is 30.9 Å². The molecule has 0 bridgehead atoms. The van der Waals surface area contributed by atoms with Crippen molar-refractivity contribution in [1.82, 2.24) is 5.43 Å². The van der Waals surface area contributed by atoms with Crippen molar-refractivity contribution in [3.63, 3.8) is 0 Å². The summed E-state index contributed by atoms with van der Waals surface area (Å²) >= 11 is 8.09. The number of nitrogens with zero attached hydrogens (tertiary/aromatic N) is 1. The van der Waals surface area contributed by atoms with Crippen LogP contribution in [0, 0.1) is 17.4 Å². The van der Waals surface area contributed by atoms with Gasteiger partial charge < -0.3 is 14.6 Å². The molecule has 8 heteroatoms. The van der Waals surface area contributed by atoms with Crippen LogP contribution < -0.4 is 14.9 Å². The number of nitrogens with one attached hydrogen (secondary N) is 1. The average Bonchev–Trinajstić information content (AvgIpc) is 2.60. The van der Waals surface area contributed by atoms with Crippen molar-refractivity contribution in [1.29, 1.82) is 0 Å². The fraction of sp³-hybridized carbons (Fsp3) is 0.222. The number of methoxy groups -OCH3 is 1. The topological polar surface area (TPSA) is 80.2 Å². The fourth-order valence-corrected chi connectivity index (χ4v) is 2.91. The van der Waals surface area contributed by atoms with E-state index in [0.29, 0.717) is 25.7 Å². The molecule has 0 atom stereocenters. The van der Waals surface area contributed by atoms with E-state index in [-0.39, 0.29) is 12.4 Å². The Morgan fingerprint density at radius 2 is 1.96 bits per heavy atom. The SMILES string of the molecule is COc1cc(/C=N\NC(=O)COc2cc(C)c(Cl)c(C)c2)cc(I)c1O. The van der Waals surface area contributed by atoms with Gasteiger partial charge in [0, 0.05) is 5.02 Å².